The molecule has 2 heterocycles. The number of nitriles is 3. The van der Waals surface area contributed by atoms with E-state index in [1.807, 2.05) is 45.0 Å². The molecule has 0 unspecified atom stereocenters. The van der Waals surface area contributed by atoms with E-state index in [0.717, 1.165) is 35.1 Å². The summed E-state index contributed by atoms with van der Waals surface area (Å²) in [7, 11) is 0. The number of aryl methyl sites for hydroxylation is 2. The van der Waals surface area contributed by atoms with Crippen LogP contribution in [0.25, 0.3) is 31.3 Å². The van der Waals surface area contributed by atoms with E-state index >= 15 is 0 Å². The summed E-state index contributed by atoms with van der Waals surface area (Å²) < 4.78 is 1.83. The number of hydrogen-bond acceptors (Lipinski definition) is 5. The van der Waals surface area contributed by atoms with Gasteiger partial charge in [-0.15, -0.1) is 22.7 Å². The fourth-order valence-corrected chi connectivity index (χ4v) is 5.06. The first-order valence-electron chi connectivity index (χ1n) is 6.89. The highest BCUT2D eigenvalue weighted by Gasteiger charge is 2.15. The lowest BCUT2D eigenvalue weighted by Gasteiger charge is -2.00. The highest BCUT2D eigenvalue weighted by atomic mass is 32.1. The largest absolute Gasteiger partial charge is 0.193 e. The molecule has 2 aromatic heterocycles. The molecule has 0 spiro atoms. The molecule has 0 saturated heterocycles. The molecule has 3 rings (SSSR count). The summed E-state index contributed by atoms with van der Waals surface area (Å²) in [5.41, 5.74) is 0.780. The minimum absolute atomic E-state index is 0.130. The van der Waals surface area contributed by atoms with Crippen molar-refractivity contribution in [1.82, 2.24) is 0 Å². The first-order valence-corrected chi connectivity index (χ1v) is 8.53. The minimum atomic E-state index is 0.130. The summed E-state index contributed by atoms with van der Waals surface area (Å²) in [6.45, 7) is 5.81. The van der Waals surface area contributed by atoms with Crippen molar-refractivity contribution in [2.75, 3.05) is 0 Å². The number of rotatable bonds is 0. The molecule has 0 fully saturated rings. The Kier molecular flexibility index (Phi) is 3.66. The number of hydrogen-bond donors (Lipinski definition) is 0. The van der Waals surface area contributed by atoms with E-state index in [9.17, 15) is 15.8 Å². The van der Waals surface area contributed by atoms with Gasteiger partial charge in [-0.05, 0) is 32.9 Å². The van der Waals surface area contributed by atoms with E-state index in [-0.39, 0.29) is 5.57 Å². The molecule has 0 atom stereocenters. The Hall–Kier alpha value is -2.65. The molecule has 0 radical (unpaired) electrons. The standard InChI is InChI=1S/C18H11N3S2/c1-9(6-19)15-13-4-10(2)22-17(13)16(12(7-20)8-21)18-14(15)5-11(3)23-18/h4-5H,1-3H3. The number of benzene rings is 1. The van der Waals surface area contributed by atoms with Crippen LogP contribution in [0.15, 0.2) is 12.1 Å². The summed E-state index contributed by atoms with van der Waals surface area (Å²) in [5, 5.41) is 31.7. The van der Waals surface area contributed by atoms with Gasteiger partial charge in [-0.3, -0.25) is 0 Å². The van der Waals surface area contributed by atoms with Crippen molar-refractivity contribution >= 4 is 54.0 Å². The Morgan fingerprint density at radius 2 is 1.30 bits per heavy atom. The molecule has 0 bridgehead atoms. The Morgan fingerprint density at radius 3 is 1.70 bits per heavy atom. The zero-order chi connectivity index (χ0) is 16.7. The predicted octanol–water partition coefficient (Wildman–Crippen LogP) is 3.62. The monoisotopic (exact) mass is 333 g/mol. The van der Waals surface area contributed by atoms with Crippen LogP contribution in [0, 0.1) is 47.8 Å². The highest BCUT2D eigenvalue weighted by Crippen LogP contribution is 2.28. The summed E-state index contributed by atoms with van der Waals surface area (Å²) >= 11 is 3.13. The molecule has 0 amide bonds. The van der Waals surface area contributed by atoms with Crippen molar-refractivity contribution in [2.24, 2.45) is 0 Å². The van der Waals surface area contributed by atoms with Gasteiger partial charge in [0.25, 0.3) is 0 Å². The van der Waals surface area contributed by atoms with Crippen LogP contribution in [0.3, 0.4) is 0 Å². The average Bonchev–Trinajstić information content (AvgIpc) is 3.08. The molecule has 0 saturated carbocycles. The molecule has 110 valence electrons. The first kappa shape index (κ1) is 15.3. The van der Waals surface area contributed by atoms with Crippen LogP contribution < -0.4 is 10.4 Å². The van der Waals surface area contributed by atoms with Crippen molar-refractivity contribution in [3.63, 3.8) is 0 Å². The predicted molar refractivity (Wildman–Crippen MR) is 95.3 cm³/mol. The van der Waals surface area contributed by atoms with Gasteiger partial charge in [-0.25, -0.2) is 0 Å². The third-order valence-electron chi connectivity index (χ3n) is 3.72. The van der Waals surface area contributed by atoms with Crippen molar-refractivity contribution in [3.8, 4) is 18.2 Å². The Labute approximate surface area is 141 Å². The van der Waals surface area contributed by atoms with E-state index < -0.39 is 0 Å². The molecule has 5 heteroatoms. The third kappa shape index (κ3) is 2.21. The van der Waals surface area contributed by atoms with Crippen molar-refractivity contribution in [3.05, 3.63) is 32.3 Å². The summed E-state index contributed by atoms with van der Waals surface area (Å²) in [5.74, 6) is 0. The molecular formula is C18H11N3S2. The van der Waals surface area contributed by atoms with Crippen LogP contribution in [0.4, 0.5) is 0 Å². The molecule has 3 nitrogen and oxygen atoms in total. The van der Waals surface area contributed by atoms with Crippen molar-refractivity contribution < 1.29 is 0 Å². The average molecular weight is 333 g/mol. The zero-order valence-electron chi connectivity index (χ0n) is 12.8. The molecular weight excluding hydrogens is 322 g/mol. The van der Waals surface area contributed by atoms with Crippen molar-refractivity contribution in [2.45, 2.75) is 20.8 Å². The second kappa shape index (κ2) is 5.52. The number of nitrogens with zero attached hydrogens (tertiary/aromatic N) is 3. The van der Waals surface area contributed by atoms with Gasteiger partial charge in [0.2, 0.25) is 0 Å². The maximum Gasteiger partial charge on any atom is 0.139 e. The third-order valence-corrected chi connectivity index (χ3v) is 5.86. The van der Waals surface area contributed by atoms with Crippen molar-refractivity contribution in [1.29, 1.82) is 15.8 Å². The van der Waals surface area contributed by atoms with Crippen LogP contribution in [0.1, 0.15) is 16.7 Å². The van der Waals surface area contributed by atoms with Gasteiger partial charge in [0, 0.05) is 45.9 Å². The van der Waals surface area contributed by atoms with E-state index in [0.29, 0.717) is 10.8 Å². The topological polar surface area (TPSA) is 71.4 Å². The summed E-state index contributed by atoms with van der Waals surface area (Å²) in [4.78, 5) is 2.19. The fraction of sp³-hybridized carbons (Fsp3) is 0.167. The number of thiophene rings is 2. The zero-order valence-corrected chi connectivity index (χ0v) is 14.4. The Bertz CT molecular complexity index is 1140. The minimum Gasteiger partial charge on any atom is -0.193 e. The lowest BCUT2D eigenvalue weighted by Crippen LogP contribution is -2.15. The maximum atomic E-state index is 9.40. The lowest BCUT2D eigenvalue weighted by molar-refractivity contribution is 1.50. The SMILES string of the molecule is CC(C#N)=c1c2cc(C)sc2c(=C(C#N)C#N)c2sc(C)cc12. The fourth-order valence-electron chi connectivity index (χ4n) is 2.84. The second-order valence-electron chi connectivity index (χ2n) is 5.29. The molecule has 3 aromatic rings. The first-order chi connectivity index (χ1) is 11.0. The van der Waals surface area contributed by atoms with Crippen LogP contribution in [-0.2, 0) is 0 Å². The van der Waals surface area contributed by atoms with Crippen LogP contribution in [0.2, 0.25) is 0 Å². The molecule has 0 aliphatic carbocycles. The van der Waals surface area contributed by atoms with Gasteiger partial charge in [-0.2, -0.15) is 15.8 Å². The van der Waals surface area contributed by atoms with E-state index in [1.54, 1.807) is 22.7 Å². The Balaban J connectivity index is 2.91. The molecule has 0 aliphatic rings. The molecule has 23 heavy (non-hydrogen) atoms. The van der Waals surface area contributed by atoms with E-state index in [2.05, 4.69) is 6.07 Å². The second-order valence-corrected chi connectivity index (χ2v) is 7.80. The van der Waals surface area contributed by atoms with Crippen LogP contribution in [0.5, 0.6) is 0 Å². The summed E-state index contributed by atoms with van der Waals surface area (Å²) in [6, 6.07) is 10.4. The molecule has 0 aliphatic heterocycles. The quantitative estimate of drug-likeness (QED) is 0.631. The van der Waals surface area contributed by atoms with Crippen LogP contribution in [-0.4, -0.2) is 0 Å². The number of fused-ring (bicyclic) bond motifs is 2. The molecule has 1 aromatic carbocycles. The van der Waals surface area contributed by atoms with Gasteiger partial charge < -0.3 is 0 Å². The lowest BCUT2D eigenvalue weighted by atomic mass is 10.0. The summed E-state index contributed by atoms with van der Waals surface area (Å²) in [6.07, 6.45) is 0. The normalized spacial score (nSPS) is 10.3. The van der Waals surface area contributed by atoms with Gasteiger partial charge >= 0.3 is 0 Å². The smallest absolute Gasteiger partial charge is 0.139 e. The van der Waals surface area contributed by atoms with E-state index in [4.69, 9.17) is 0 Å². The van der Waals surface area contributed by atoms with Gasteiger partial charge in [0.15, 0.2) is 0 Å². The van der Waals surface area contributed by atoms with Gasteiger partial charge in [0.05, 0.1) is 6.07 Å². The maximum absolute atomic E-state index is 9.40. The molecule has 0 N–H and O–H groups in total. The van der Waals surface area contributed by atoms with Crippen LogP contribution >= 0.6 is 22.7 Å². The Morgan fingerprint density at radius 1 is 0.826 bits per heavy atom. The van der Waals surface area contributed by atoms with Gasteiger partial charge in [-0.1, -0.05) is 0 Å². The van der Waals surface area contributed by atoms with Gasteiger partial charge in [0.1, 0.15) is 17.7 Å². The van der Waals surface area contributed by atoms with E-state index in [1.165, 1.54) is 0 Å². The highest BCUT2D eigenvalue weighted by molar-refractivity contribution is 7.21.